The summed E-state index contributed by atoms with van der Waals surface area (Å²) < 4.78 is 5.67. The summed E-state index contributed by atoms with van der Waals surface area (Å²) in [7, 11) is 1.81. The van der Waals surface area contributed by atoms with Gasteiger partial charge in [0.15, 0.2) is 0 Å². The average Bonchev–Trinajstić information content (AvgIpc) is 3.23. The number of benzene rings is 2. The molecule has 7 nitrogen and oxygen atoms in total. The Balaban J connectivity index is 1.62. The highest BCUT2D eigenvalue weighted by Crippen LogP contribution is 2.37. The van der Waals surface area contributed by atoms with E-state index in [1.54, 1.807) is 12.1 Å². The largest absolute Gasteiger partial charge is 0.622 e. The van der Waals surface area contributed by atoms with Crippen molar-refractivity contribution in [2.45, 2.75) is 6.23 Å². The molecule has 1 fully saturated rings. The number of esters is 1. The van der Waals surface area contributed by atoms with Gasteiger partial charge in [-0.2, -0.15) is 10.2 Å². The third-order valence-electron chi connectivity index (χ3n) is 4.48. The van der Waals surface area contributed by atoms with E-state index in [9.17, 15) is 10.0 Å². The molecule has 0 N–H and O–H groups in total. The van der Waals surface area contributed by atoms with Crippen LogP contribution >= 0.6 is 11.3 Å². The predicted octanol–water partition coefficient (Wildman–Crippen LogP) is 3.06. The number of aromatic nitrogens is 1. The molecule has 2 heterocycles. The van der Waals surface area contributed by atoms with Gasteiger partial charge < -0.3 is 9.94 Å². The molecule has 136 valence electrons. The van der Waals surface area contributed by atoms with Crippen LogP contribution < -0.4 is 4.65 Å². The fourth-order valence-electron chi connectivity index (χ4n) is 3.11. The number of hydrogen-bond donors (Lipinski definition) is 0. The Hall–Kier alpha value is -2.83. The zero-order valence-corrected chi connectivity index (χ0v) is 15.3. The van der Waals surface area contributed by atoms with E-state index < -0.39 is 16.8 Å². The highest BCUT2D eigenvalue weighted by Gasteiger charge is 2.45. The Kier molecular flexibility index (Phi) is 4.37. The second kappa shape index (κ2) is 6.72. The third-order valence-corrected chi connectivity index (χ3v) is 5.63. The van der Waals surface area contributed by atoms with Gasteiger partial charge in [-0.3, -0.25) is 4.65 Å². The molecule has 1 aliphatic rings. The van der Waals surface area contributed by atoms with Crippen molar-refractivity contribution in [2.24, 2.45) is 0 Å². The van der Waals surface area contributed by atoms with Gasteiger partial charge in [0.25, 0.3) is 11.4 Å². The summed E-state index contributed by atoms with van der Waals surface area (Å²) in [6.45, 7) is 0.479. The maximum Gasteiger partial charge on any atom is 0.342 e. The van der Waals surface area contributed by atoms with Gasteiger partial charge >= 0.3 is 5.97 Å². The number of hydrogen-bond acceptors (Lipinski definition) is 7. The van der Waals surface area contributed by atoms with E-state index in [0.29, 0.717) is 22.8 Å². The highest BCUT2D eigenvalue weighted by atomic mass is 32.1. The maximum atomic E-state index is 13.6. The van der Waals surface area contributed by atoms with E-state index in [1.807, 2.05) is 42.3 Å². The molecule has 0 saturated carbocycles. The molecule has 27 heavy (non-hydrogen) atoms. The van der Waals surface area contributed by atoms with Gasteiger partial charge in [0.05, 0.1) is 34.0 Å². The van der Waals surface area contributed by atoms with E-state index in [2.05, 4.69) is 4.98 Å². The summed E-state index contributed by atoms with van der Waals surface area (Å²) in [4.78, 5) is 18.8. The van der Waals surface area contributed by atoms with Gasteiger partial charge in [0.1, 0.15) is 6.67 Å². The first-order valence-electron chi connectivity index (χ1n) is 8.34. The lowest BCUT2D eigenvalue weighted by atomic mass is 10.1. The van der Waals surface area contributed by atoms with Gasteiger partial charge in [0, 0.05) is 0 Å². The van der Waals surface area contributed by atoms with E-state index in [-0.39, 0.29) is 6.67 Å². The van der Waals surface area contributed by atoms with Crippen LogP contribution in [-0.4, -0.2) is 42.3 Å². The Labute approximate surface area is 159 Å². The fraction of sp³-hybridized carbons (Fsp3) is 0.211. The Morgan fingerprint density at radius 2 is 2.07 bits per heavy atom. The Morgan fingerprint density at radius 3 is 2.78 bits per heavy atom. The van der Waals surface area contributed by atoms with Crippen molar-refractivity contribution in [3.63, 3.8) is 0 Å². The van der Waals surface area contributed by atoms with Crippen LogP contribution in [0.1, 0.15) is 15.9 Å². The molecule has 0 bridgehead atoms. The average molecular weight is 380 g/mol. The van der Waals surface area contributed by atoms with Crippen LogP contribution in [0.15, 0.2) is 48.5 Å². The van der Waals surface area contributed by atoms with Crippen LogP contribution in [0.5, 0.6) is 0 Å². The lowest BCUT2D eigenvalue weighted by molar-refractivity contribution is 0.00574. The number of thiazole rings is 1. The summed E-state index contributed by atoms with van der Waals surface area (Å²) in [5.41, 5.74) is 1.52. The van der Waals surface area contributed by atoms with Gasteiger partial charge in [-0.1, -0.05) is 23.5 Å². The molecule has 8 heteroatoms. The van der Waals surface area contributed by atoms with Gasteiger partial charge in [-0.05, 0) is 43.4 Å². The van der Waals surface area contributed by atoms with E-state index in [4.69, 9.17) is 10.00 Å². The molecule has 0 spiro atoms. The number of ether oxygens (including phenoxy) is 1. The molecule has 3 aromatic rings. The second-order valence-electron chi connectivity index (χ2n) is 6.49. The van der Waals surface area contributed by atoms with Gasteiger partial charge in [0.2, 0.25) is 0 Å². The molecule has 1 saturated heterocycles. The summed E-state index contributed by atoms with van der Waals surface area (Å²) >= 11 is 1.32. The molecule has 0 amide bonds. The van der Waals surface area contributed by atoms with Crippen molar-refractivity contribution >= 4 is 32.7 Å². The Morgan fingerprint density at radius 1 is 1.33 bits per heavy atom. The number of quaternary nitrogens is 1. The first-order chi connectivity index (χ1) is 13.0. The van der Waals surface area contributed by atoms with Crippen molar-refractivity contribution in [1.82, 2.24) is 14.5 Å². The fourth-order valence-corrected chi connectivity index (χ4v) is 4.14. The summed E-state index contributed by atoms with van der Waals surface area (Å²) in [6, 6.07) is 15.7. The van der Waals surface area contributed by atoms with Gasteiger partial charge in [-0.15, -0.1) is 0 Å². The molecule has 1 aliphatic heterocycles. The topological polar surface area (TPSA) is 89.3 Å². The molecular formula is C19H16N4O3S. The molecular weight excluding hydrogens is 364 g/mol. The first kappa shape index (κ1) is 17.6. The van der Waals surface area contributed by atoms with Crippen LogP contribution in [0, 0.1) is 16.5 Å². The first-order valence-corrected chi connectivity index (χ1v) is 9.16. The van der Waals surface area contributed by atoms with Crippen molar-refractivity contribution in [1.29, 1.82) is 5.26 Å². The SMILES string of the molecule is CN1CC(OC(=O)c2ccc(C#N)cc2)[N+]([O-])(c2nc3ccccc3s2)C1. The van der Waals surface area contributed by atoms with E-state index in [1.165, 1.54) is 23.5 Å². The van der Waals surface area contributed by atoms with Crippen LogP contribution in [0.3, 0.4) is 0 Å². The number of likely N-dealkylation sites (N-methyl/N-ethyl adjacent to an activating group) is 1. The lowest BCUT2D eigenvalue weighted by Gasteiger charge is -2.38. The highest BCUT2D eigenvalue weighted by molar-refractivity contribution is 7.22. The zero-order valence-electron chi connectivity index (χ0n) is 14.5. The number of carbonyl (C=O) groups is 1. The minimum atomic E-state index is -0.904. The monoisotopic (exact) mass is 380 g/mol. The summed E-state index contributed by atoms with van der Waals surface area (Å²) in [5, 5.41) is 22.8. The second-order valence-corrected chi connectivity index (χ2v) is 7.50. The summed E-state index contributed by atoms with van der Waals surface area (Å²) in [5.74, 6) is -0.584. The van der Waals surface area contributed by atoms with E-state index in [0.717, 1.165) is 10.2 Å². The molecule has 4 rings (SSSR count). The Bertz CT molecular complexity index is 1010. The number of nitriles is 1. The number of fused-ring (bicyclic) bond motifs is 1. The van der Waals surface area contributed by atoms with Crippen molar-refractivity contribution < 1.29 is 9.53 Å². The molecule has 0 radical (unpaired) electrons. The lowest BCUT2D eigenvalue weighted by Crippen LogP contribution is -2.50. The number of hydroxylamine groups is 2. The maximum absolute atomic E-state index is 13.6. The molecule has 0 aliphatic carbocycles. The van der Waals surface area contributed by atoms with Crippen LogP contribution in [0.4, 0.5) is 5.13 Å². The summed E-state index contributed by atoms with van der Waals surface area (Å²) in [6.07, 6.45) is -0.904. The standard InChI is InChI=1S/C19H16N4O3S/c1-22-11-17(26-18(24)14-8-6-13(10-20)7-9-14)23(25,12-22)19-21-15-4-2-3-5-16(15)27-19/h2-9,17H,11-12H2,1H3. The predicted molar refractivity (Wildman–Crippen MR) is 103 cm³/mol. The smallest absolute Gasteiger partial charge is 0.342 e. The third kappa shape index (κ3) is 3.18. The minimum absolute atomic E-state index is 0.158. The number of para-hydroxylation sites is 1. The number of nitrogens with zero attached hydrogens (tertiary/aromatic N) is 4. The van der Waals surface area contributed by atoms with Crippen LogP contribution in [0.2, 0.25) is 0 Å². The molecule has 1 aromatic heterocycles. The number of carbonyl (C=O) groups excluding carboxylic acids is 1. The normalized spacial score (nSPS) is 22.6. The van der Waals surface area contributed by atoms with Crippen molar-refractivity contribution in [3.8, 4) is 6.07 Å². The quantitative estimate of drug-likeness (QED) is 0.394. The van der Waals surface area contributed by atoms with Crippen molar-refractivity contribution in [3.05, 3.63) is 64.9 Å². The van der Waals surface area contributed by atoms with Crippen molar-refractivity contribution in [2.75, 3.05) is 20.3 Å². The molecule has 2 atom stereocenters. The van der Waals surface area contributed by atoms with Crippen LogP contribution in [0.25, 0.3) is 10.2 Å². The van der Waals surface area contributed by atoms with E-state index >= 15 is 0 Å². The molecule has 2 unspecified atom stereocenters. The minimum Gasteiger partial charge on any atom is -0.622 e. The molecule has 2 aromatic carbocycles. The number of rotatable bonds is 3. The van der Waals surface area contributed by atoms with Gasteiger partial charge in [-0.25, -0.2) is 9.69 Å². The van der Waals surface area contributed by atoms with Crippen LogP contribution in [-0.2, 0) is 4.74 Å². The zero-order chi connectivity index (χ0) is 19.0.